The number of hydrogen-bond donors (Lipinski definition) is 0. The Morgan fingerprint density at radius 1 is 1.39 bits per heavy atom. The molecule has 3 nitrogen and oxygen atoms in total. The molecule has 2 aromatic rings. The maximum absolute atomic E-state index is 10.6. The van der Waals surface area contributed by atoms with Gasteiger partial charge in [-0.05, 0) is 42.7 Å². The molecule has 1 aromatic heterocycles. The lowest BCUT2D eigenvalue weighted by atomic mass is 10.1. The number of carbonyl (C=O) groups is 1. The van der Waals surface area contributed by atoms with Gasteiger partial charge in [0.2, 0.25) is 0 Å². The van der Waals surface area contributed by atoms with Crippen LogP contribution < -0.4 is 0 Å². The number of halogens is 1. The van der Waals surface area contributed by atoms with E-state index in [4.69, 9.17) is 4.74 Å². The van der Waals surface area contributed by atoms with E-state index in [0.29, 0.717) is 6.61 Å². The maximum Gasteiger partial charge on any atom is 0.302 e. The summed E-state index contributed by atoms with van der Waals surface area (Å²) in [5.41, 5.74) is 2.15. The van der Waals surface area contributed by atoms with Crippen molar-refractivity contribution in [2.45, 2.75) is 19.8 Å². The van der Waals surface area contributed by atoms with Crippen LogP contribution in [0.15, 0.2) is 34.9 Å². The fourth-order valence-electron chi connectivity index (χ4n) is 1.78. The van der Waals surface area contributed by atoms with Crippen LogP contribution in [0.25, 0.3) is 10.9 Å². The van der Waals surface area contributed by atoms with Gasteiger partial charge in [-0.15, -0.1) is 0 Å². The van der Waals surface area contributed by atoms with Gasteiger partial charge in [0.1, 0.15) is 0 Å². The highest BCUT2D eigenvalue weighted by atomic mass is 79.9. The van der Waals surface area contributed by atoms with Crippen LogP contribution in [-0.2, 0) is 16.0 Å². The van der Waals surface area contributed by atoms with Gasteiger partial charge in [0.15, 0.2) is 0 Å². The highest BCUT2D eigenvalue weighted by molar-refractivity contribution is 9.10. The molecule has 0 saturated heterocycles. The Hall–Kier alpha value is -1.42. The molecule has 0 aliphatic rings. The van der Waals surface area contributed by atoms with E-state index in [2.05, 4.69) is 33.0 Å². The van der Waals surface area contributed by atoms with Crippen LogP contribution >= 0.6 is 15.9 Å². The van der Waals surface area contributed by atoms with Crippen molar-refractivity contribution in [2.75, 3.05) is 6.61 Å². The van der Waals surface area contributed by atoms with Crippen molar-refractivity contribution in [3.05, 3.63) is 40.5 Å². The smallest absolute Gasteiger partial charge is 0.302 e. The Balaban J connectivity index is 2.03. The molecule has 94 valence electrons. The number of esters is 1. The molecule has 18 heavy (non-hydrogen) atoms. The molecular formula is C14H14BrNO2. The number of fused-ring (bicyclic) bond motifs is 1. The standard InChI is InChI=1S/C14H14BrNO2/c1-10(17)18-6-2-3-11-7-12-8-13(15)4-5-14(12)16-9-11/h4-5,7-9H,2-3,6H2,1H3. The summed E-state index contributed by atoms with van der Waals surface area (Å²) >= 11 is 3.45. The van der Waals surface area contributed by atoms with Crippen LogP contribution in [0.5, 0.6) is 0 Å². The number of benzene rings is 1. The third-order valence-corrected chi connectivity index (χ3v) is 3.11. The van der Waals surface area contributed by atoms with E-state index in [1.54, 1.807) is 0 Å². The number of aromatic nitrogens is 1. The quantitative estimate of drug-likeness (QED) is 0.641. The van der Waals surface area contributed by atoms with Gasteiger partial charge >= 0.3 is 5.97 Å². The second-order valence-electron chi connectivity index (χ2n) is 4.12. The normalized spacial score (nSPS) is 10.6. The first-order valence-electron chi connectivity index (χ1n) is 5.83. The van der Waals surface area contributed by atoms with Crippen LogP contribution in [0.4, 0.5) is 0 Å². The second kappa shape index (κ2) is 5.96. The van der Waals surface area contributed by atoms with Crippen LogP contribution in [0, 0.1) is 0 Å². The van der Waals surface area contributed by atoms with E-state index in [1.807, 2.05) is 18.3 Å². The third kappa shape index (κ3) is 3.53. The van der Waals surface area contributed by atoms with Gasteiger partial charge in [-0.2, -0.15) is 0 Å². The Labute approximate surface area is 114 Å². The summed E-state index contributed by atoms with van der Waals surface area (Å²) in [4.78, 5) is 15.0. The van der Waals surface area contributed by atoms with Crippen LogP contribution in [0.1, 0.15) is 18.9 Å². The maximum atomic E-state index is 10.6. The molecule has 0 fully saturated rings. The molecule has 0 radical (unpaired) electrons. The minimum atomic E-state index is -0.226. The van der Waals surface area contributed by atoms with Crippen molar-refractivity contribution in [3.63, 3.8) is 0 Å². The van der Waals surface area contributed by atoms with Gasteiger partial charge in [-0.1, -0.05) is 15.9 Å². The minimum Gasteiger partial charge on any atom is -0.466 e. The van der Waals surface area contributed by atoms with E-state index < -0.39 is 0 Å². The first kappa shape index (κ1) is 13.0. The first-order valence-corrected chi connectivity index (χ1v) is 6.62. The van der Waals surface area contributed by atoms with Crippen LogP contribution in [-0.4, -0.2) is 17.6 Å². The molecule has 0 atom stereocenters. The van der Waals surface area contributed by atoms with Gasteiger partial charge in [-0.3, -0.25) is 9.78 Å². The zero-order valence-electron chi connectivity index (χ0n) is 10.1. The summed E-state index contributed by atoms with van der Waals surface area (Å²) in [6, 6.07) is 8.15. The average Bonchev–Trinajstić information content (AvgIpc) is 2.34. The molecule has 0 saturated carbocycles. The van der Waals surface area contributed by atoms with Crippen molar-refractivity contribution in [1.29, 1.82) is 0 Å². The fourth-order valence-corrected chi connectivity index (χ4v) is 2.16. The number of hydrogen-bond acceptors (Lipinski definition) is 3. The van der Waals surface area contributed by atoms with Gasteiger partial charge in [0, 0.05) is 23.0 Å². The van der Waals surface area contributed by atoms with E-state index in [-0.39, 0.29) is 5.97 Å². The van der Waals surface area contributed by atoms with E-state index in [1.165, 1.54) is 6.92 Å². The lowest BCUT2D eigenvalue weighted by Crippen LogP contribution is -2.01. The van der Waals surface area contributed by atoms with E-state index in [0.717, 1.165) is 33.8 Å². The lowest BCUT2D eigenvalue weighted by molar-refractivity contribution is -0.141. The zero-order valence-corrected chi connectivity index (χ0v) is 11.7. The molecule has 0 N–H and O–H groups in total. The summed E-state index contributed by atoms with van der Waals surface area (Å²) in [6.07, 6.45) is 3.56. The van der Waals surface area contributed by atoms with Gasteiger partial charge < -0.3 is 4.74 Å². The Morgan fingerprint density at radius 3 is 3.00 bits per heavy atom. The molecule has 0 bridgehead atoms. The van der Waals surface area contributed by atoms with Crippen molar-refractivity contribution >= 4 is 32.8 Å². The van der Waals surface area contributed by atoms with Crippen molar-refractivity contribution in [2.24, 2.45) is 0 Å². The highest BCUT2D eigenvalue weighted by Gasteiger charge is 2.00. The first-order chi connectivity index (χ1) is 8.65. The van der Waals surface area contributed by atoms with Crippen LogP contribution in [0.2, 0.25) is 0 Å². The minimum absolute atomic E-state index is 0.226. The highest BCUT2D eigenvalue weighted by Crippen LogP contribution is 2.19. The Morgan fingerprint density at radius 2 is 2.22 bits per heavy atom. The second-order valence-corrected chi connectivity index (χ2v) is 5.04. The molecule has 2 rings (SSSR count). The van der Waals surface area contributed by atoms with Gasteiger partial charge in [0.05, 0.1) is 12.1 Å². The van der Waals surface area contributed by atoms with E-state index in [9.17, 15) is 4.79 Å². The molecule has 1 aromatic carbocycles. The largest absolute Gasteiger partial charge is 0.466 e. The van der Waals surface area contributed by atoms with Crippen molar-refractivity contribution in [3.8, 4) is 0 Å². The molecule has 1 heterocycles. The predicted molar refractivity (Wildman–Crippen MR) is 74.4 cm³/mol. The molecule has 0 spiro atoms. The number of nitrogens with zero attached hydrogens (tertiary/aromatic N) is 1. The fraction of sp³-hybridized carbons (Fsp3) is 0.286. The van der Waals surface area contributed by atoms with Gasteiger partial charge in [-0.25, -0.2) is 0 Å². The average molecular weight is 308 g/mol. The monoisotopic (exact) mass is 307 g/mol. The van der Waals surface area contributed by atoms with Crippen molar-refractivity contribution in [1.82, 2.24) is 4.98 Å². The lowest BCUT2D eigenvalue weighted by Gasteiger charge is -2.04. The Kier molecular flexibility index (Phi) is 4.31. The number of aryl methyl sites for hydroxylation is 1. The SMILES string of the molecule is CC(=O)OCCCc1cnc2ccc(Br)cc2c1. The summed E-state index contributed by atoms with van der Waals surface area (Å²) < 4.78 is 5.95. The molecule has 4 heteroatoms. The number of pyridine rings is 1. The van der Waals surface area contributed by atoms with Crippen molar-refractivity contribution < 1.29 is 9.53 Å². The third-order valence-electron chi connectivity index (χ3n) is 2.62. The molecule has 0 aliphatic heterocycles. The number of carbonyl (C=O) groups excluding carboxylic acids is 1. The summed E-state index contributed by atoms with van der Waals surface area (Å²) in [5.74, 6) is -0.226. The predicted octanol–water partition coefficient (Wildman–Crippen LogP) is 3.49. The zero-order chi connectivity index (χ0) is 13.0. The van der Waals surface area contributed by atoms with Gasteiger partial charge in [0.25, 0.3) is 0 Å². The summed E-state index contributed by atoms with van der Waals surface area (Å²) in [6.45, 7) is 1.89. The Bertz CT molecular complexity index is 569. The summed E-state index contributed by atoms with van der Waals surface area (Å²) in [5, 5.41) is 1.12. The molecular weight excluding hydrogens is 294 g/mol. The number of rotatable bonds is 4. The number of ether oxygens (including phenoxy) is 1. The topological polar surface area (TPSA) is 39.2 Å². The molecule has 0 aliphatic carbocycles. The summed E-state index contributed by atoms with van der Waals surface area (Å²) in [7, 11) is 0. The molecule has 0 unspecified atom stereocenters. The van der Waals surface area contributed by atoms with E-state index >= 15 is 0 Å². The van der Waals surface area contributed by atoms with Crippen LogP contribution in [0.3, 0.4) is 0 Å². The molecule has 0 amide bonds.